The van der Waals surface area contributed by atoms with Crippen LogP contribution in [0.4, 0.5) is 0 Å². The molecule has 0 atom stereocenters. The van der Waals surface area contributed by atoms with Crippen molar-refractivity contribution in [2.45, 2.75) is 54.0 Å². The van der Waals surface area contributed by atoms with Crippen molar-refractivity contribution in [1.82, 2.24) is 4.90 Å². The van der Waals surface area contributed by atoms with Crippen LogP contribution in [-0.2, 0) is 0 Å². The summed E-state index contributed by atoms with van der Waals surface area (Å²) in [6.07, 6.45) is 0. The van der Waals surface area contributed by atoms with Crippen molar-refractivity contribution < 1.29 is 0 Å². The second kappa shape index (κ2) is 3.27. The van der Waals surface area contributed by atoms with Crippen LogP contribution in [0.1, 0.15) is 48.5 Å². The van der Waals surface area contributed by atoms with Gasteiger partial charge in [-0.3, -0.25) is 0 Å². The molecule has 0 aromatic rings. The Hall–Kier alpha value is -0.0400. The van der Waals surface area contributed by atoms with E-state index in [-0.39, 0.29) is 11.0 Å². The summed E-state index contributed by atoms with van der Waals surface area (Å²) in [7, 11) is 4.32. The molecule has 1 heteroatoms. The molecule has 0 rings (SSSR count). The minimum absolute atomic E-state index is 0.214. The summed E-state index contributed by atoms with van der Waals surface area (Å²) in [6, 6.07) is 0. The predicted molar refractivity (Wildman–Crippen MR) is 61.0 cm³/mol. The predicted octanol–water partition coefficient (Wildman–Crippen LogP) is 3.40. The van der Waals surface area contributed by atoms with E-state index in [0.29, 0.717) is 5.41 Å². The van der Waals surface area contributed by atoms with Gasteiger partial charge in [-0.15, -0.1) is 0 Å². The first-order valence-corrected chi connectivity index (χ1v) is 5.12. The second-order valence-electron chi connectivity index (χ2n) is 6.33. The second-order valence-corrected chi connectivity index (χ2v) is 6.33. The number of rotatable bonds is 2. The number of hydrogen-bond acceptors (Lipinski definition) is 1. The maximum Gasteiger partial charge on any atom is 0.0203 e. The van der Waals surface area contributed by atoms with Crippen LogP contribution >= 0.6 is 0 Å². The van der Waals surface area contributed by atoms with Gasteiger partial charge < -0.3 is 4.90 Å². The van der Waals surface area contributed by atoms with Crippen LogP contribution in [0.5, 0.6) is 0 Å². The Labute approximate surface area is 84.5 Å². The normalized spacial score (nSPS) is 15.2. The molecule has 0 aliphatic heterocycles. The van der Waals surface area contributed by atoms with Gasteiger partial charge in [0.1, 0.15) is 0 Å². The highest BCUT2D eigenvalue weighted by Crippen LogP contribution is 2.47. The lowest BCUT2D eigenvalue weighted by atomic mass is 9.59. The maximum absolute atomic E-state index is 2.35. The lowest BCUT2D eigenvalue weighted by molar-refractivity contribution is -0.0325. The monoisotopic (exact) mass is 185 g/mol. The molecule has 13 heavy (non-hydrogen) atoms. The molecule has 0 bridgehead atoms. The topological polar surface area (TPSA) is 3.24 Å². The van der Waals surface area contributed by atoms with Crippen LogP contribution in [-0.4, -0.2) is 24.5 Å². The molecule has 0 N–H and O–H groups in total. The van der Waals surface area contributed by atoms with E-state index >= 15 is 0 Å². The first-order chi connectivity index (χ1) is 5.44. The summed E-state index contributed by atoms with van der Waals surface area (Å²) in [4.78, 5) is 2.32. The van der Waals surface area contributed by atoms with Crippen molar-refractivity contribution in [2.24, 2.45) is 10.8 Å². The Morgan fingerprint density at radius 2 is 1.00 bits per heavy atom. The molecule has 0 aromatic carbocycles. The van der Waals surface area contributed by atoms with Gasteiger partial charge in [-0.1, -0.05) is 34.6 Å². The fraction of sp³-hybridized carbons (Fsp3) is 1.00. The molecule has 0 aliphatic carbocycles. The van der Waals surface area contributed by atoms with Gasteiger partial charge in [0, 0.05) is 5.54 Å². The van der Waals surface area contributed by atoms with Gasteiger partial charge in [0.05, 0.1) is 0 Å². The summed E-state index contributed by atoms with van der Waals surface area (Å²) in [5, 5.41) is 0. The van der Waals surface area contributed by atoms with Gasteiger partial charge in [0.15, 0.2) is 0 Å². The van der Waals surface area contributed by atoms with Gasteiger partial charge in [-0.25, -0.2) is 0 Å². The highest BCUT2D eigenvalue weighted by molar-refractivity contribution is 4.99. The molecule has 0 unspecified atom stereocenters. The van der Waals surface area contributed by atoms with Crippen LogP contribution in [0.3, 0.4) is 0 Å². The molecular formula is C12H27N. The first-order valence-electron chi connectivity index (χ1n) is 5.12. The van der Waals surface area contributed by atoms with E-state index in [2.05, 4.69) is 67.5 Å². The summed E-state index contributed by atoms with van der Waals surface area (Å²) >= 11 is 0. The van der Waals surface area contributed by atoms with E-state index in [1.807, 2.05) is 0 Å². The molecule has 0 amide bonds. The minimum Gasteiger partial charge on any atom is -0.304 e. The zero-order valence-corrected chi connectivity index (χ0v) is 10.9. The van der Waals surface area contributed by atoms with E-state index in [1.54, 1.807) is 0 Å². The molecule has 0 aliphatic rings. The maximum atomic E-state index is 2.35. The Bertz CT molecular complexity index is 170. The number of hydrogen-bond donors (Lipinski definition) is 0. The van der Waals surface area contributed by atoms with Gasteiger partial charge in [0.25, 0.3) is 0 Å². The zero-order valence-electron chi connectivity index (χ0n) is 10.9. The van der Waals surface area contributed by atoms with Crippen molar-refractivity contribution in [3.05, 3.63) is 0 Å². The summed E-state index contributed by atoms with van der Waals surface area (Å²) < 4.78 is 0. The van der Waals surface area contributed by atoms with Crippen LogP contribution in [0.25, 0.3) is 0 Å². The molecular weight excluding hydrogens is 158 g/mol. The lowest BCUT2D eigenvalue weighted by Gasteiger charge is -2.53. The highest BCUT2D eigenvalue weighted by Gasteiger charge is 2.46. The molecule has 80 valence electrons. The molecule has 0 aromatic heterocycles. The average molecular weight is 185 g/mol. The average Bonchev–Trinajstić information content (AvgIpc) is 1.84. The molecule has 0 saturated carbocycles. The van der Waals surface area contributed by atoms with Crippen molar-refractivity contribution >= 4 is 0 Å². The van der Waals surface area contributed by atoms with E-state index < -0.39 is 0 Å². The molecule has 0 saturated heterocycles. The van der Waals surface area contributed by atoms with Crippen molar-refractivity contribution in [3.8, 4) is 0 Å². The summed E-state index contributed by atoms with van der Waals surface area (Å²) in [5.74, 6) is 0. The van der Waals surface area contributed by atoms with E-state index in [4.69, 9.17) is 0 Å². The largest absolute Gasteiger partial charge is 0.304 e. The summed E-state index contributed by atoms with van der Waals surface area (Å²) in [5.41, 5.74) is 0.815. The van der Waals surface area contributed by atoms with Crippen molar-refractivity contribution in [1.29, 1.82) is 0 Å². The number of nitrogens with zero attached hydrogens (tertiary/aromatic N) is 1. The van der Waals surface area contributed by atoms with Gasteiger partial charge in [-0.2, -0.15) is 0 Å². The van der Waals surface area contributed by atoms with Crippen molar-refractivity contribution in [2.75, 3.05) is 14.1 Å². The molecule has 0 spiro atoms. The standard InChI is InChI=1S/C12H27N/c1-10(2,3)11(4,5)12(6,7)13(8)9/h1-9H3. The third-order valence-electron chi connectivity index (χ3n) is 4.52. The quantitative estimate of drug-likeness (QED) is 0.637. The first kappa shape index (κ1) is 13.0. The van der Waals surface area contributed by atoms with Crippen molar-refractivity contribution in [3.63, 3.8) is 0 Å². The third kappa shape index (κ3) is 2.07. The zero-order chi connectivity index (χ0) is 11.1. The van der Waals surface area contributed by atoms with Gasteiger partial charge in [-0.05, 0) is 38.8 Å². The van der Waals surface area contributed by atoms with Crippen LogP contribution in [0, 0.1) is 10.8 Å². The van der Waals surface area contributed by atoms with E-state index in [0.717, 1.165) is 0 Å². The van der Waals surface area contributed by atoms with E-state index in [1.165, 1.54) is 0 Å². The molecule has 0 heterocycles. The van der Waals surface area contributed by atoms with Crippen LogP contribution in [0.2, 0.25) is 0 Å². The van der Waals surface area contributed by atoms with Crippen LogP contribution < -0.4 is 0 Å². The smallest absolute Gasteiger partial charge is 0.0203 e. The Morgan fingerprint density at radius 3 is 1.08 bits per heavy atom. The fourth-order valence-corrected chi connectivity index (χ4v) is 1.48. The van der Waals surface area contributed by atoms with Gasteiger partial charge >= 0.3 is 0 Å². The fourth-order valence-electron chi connectivity index (χ4n) is 1.48. The Kier molecular flexibility index (Phi) is 3.26. The SMILES string of the molecule is CN(C)C(C)(C)C(C)(C)C(C)(C)C. The Balaban J connectivity index is 5.04. The van der Waals surface area contributed by atoms with E-state index in [9.17, 15) is 0 Å². The van der Waals surface area contributed by atoms with Gasteiger partial charge in [0.2, 0.25) is 0 Å². The lowest BCUT2D eigenvalue weighted by Crippen LogP contribution is -2.55. The summed E-state index contributed by atoms with van der Waals surface area (Å²) in [6.45, 7) is 16.3. The Morgan fingerprint density at radius 1 is 0.692 bits per heavy atom. The molecule has 0 fully saturated rings. The highest BCUT2D eigenvalue weighted by atomic mass is 15.1. The third-order valence-corrected chi connectivity index (χ3v) is 4.52. The van der Waals surface area contributed by atoms with Crippen LogP contribution in [0.15, 0.2) is 0 Å². The molecule has 0 radical (unpaired) electrons. The molecule has 1 nitrogen and oxygen atoms in total. The minimum atomic E-state index is 0.214.